The van der Waals surface area contributed by atoms with Gasteiger partial charge in [-0.3, -0.25) is 0 Å². The highest BCUT2D eigenvalue weighted by atomic mass is 35.5. The van der Waals surface area contributed by atoms with Gasteiger partial charge in [-0.05, 0) is 9.91 Å². The fraction of sp³-hybridized carbons (Fsp3) is 0.286. The third-order valence-corrected chi connectivity index (χ3v) is 2.16. The van der Waals surface area contributed by atoms with Crippen molar-refractivity contribution in [3.8, 4) is 0 Å². The Hall–Kier alpha value is -1.01. The second kappa shape index (κ2) is 4.67. The summed E-state index contributed by atoms with van der Waals surface area (Å²) in [5.74, 6) is -1.09. The van der Waals surface area contributed by atoms with Crippen molar-refractivity contribution < 1.29 is 13.7 Å². The van der Waals surface area contributed by atoms with E-state index in [1.54, 1.807) is 0 Å². The van der Waals surface area contributed by atoms with E-state index in [2.05, 4.69) is 4.98 Å². The molecule has 0 aliphatic carbocycles. The molecule has 0 spiro atoms. The molecule has 0 aromatic carbocycles. The number of hydrogen-bond donors (Lipinski definition) is 0. The van der Waals surface area contributed by atoms with E-state index in [9.17, 15) is 18.9 Å². The molecule has 1 aromatic rings. The Morgan fingerprint density at radius 3 is 2.60 bits per heavy atom. The molecule has 0 N–H and O–H groups in total. The van der Waals surface area contributed by atoms with Crippen LogP contribution in [0.25, 0.3) is 0 Å². The van der Waals surface area contributed by atoms with Crippen LogP contribution >= 0.6 is 23.2 Å². The molecule has 1 rings (SSSR count). The van der Waals surface area contributed by atoms with E-state index in [1.807, 2.05) is 0 Å². The molecule has 82 valence electrons. The zero-order chi connectivity index (χ0) is 11.6. The molecule has 0 atom stereocenters. The Morgan fingerprint density at radius 2 is 2.20 bits per heavy atom. The predicted octanol–water partition coefficient (Wildman–Crippen LogP) is 3.32. The molecule has 1 heterocycles. The molecular formula is C7H4Cl2F2N2O2. The van der Waals surface area contributed by atoms with Crippen molar-refractivity contribution in [2.75, 3.05) is 0 Å². The first kappa shape index (κ1) is 12.1. The largest absolute Gasteiger partial charge is 0.374 e. The number of hydrogen-bond acceptors (Lipinski definition) is 3. The summed E-state index contributed by atoms with van der Waals surface area (Å²) >= 11 is 10.8. The van der Waals surface area contributed by atoms with Crippen LogP contribution in [0.3, 0.4) is 0 Å². The summed E-state index contributed by atoms with van der Waals surface area (Å²) in [5.41, 5.74) is -0.798. The number of alkyl halides is 3. The average molecular weight is 257 g/mol. The van der Waals surface area contributed by atoms with Crippen LogP contribution in [-0.4, -0.2) is 9.91 Å². The standard InChI is InChI=1S/C7H4Cl2F2N2O2/c8-2-3-1-4(9)5(6(10)11)7(12-3)13(14)15/h1,6H,2H2. The lowest BCUT2D eigenvalue weighted by Gasteiger charge is -2.04. The predicted molar refractivity (Wildman–Crippen MR) is 50.4 cm³/mol. The van der Waals surface area contributed by atoms with Crippen LogP contribution in [0.5, 0.6) is 0 Å². The molecular weight excluding hydrogens is 253 g/mol. The van der Waals surface area contributed by atoms with Crippen molar-refractivity contribution >= 4 is 29.0 Å². The van der Waals surface area contributed by atoms with Gasteiger partial charge in [0.2, 0.25) is 0 Å². The highest BCUT2D eigenvalue weighted by Gasteiger charge is 2.28. The summed E-state index contributed by atoms with van der Waals surface area (Å²) in [6, 6.07) is 1.09. The van der Waals surface area contributed by atoms with Crippen LogP contribution in [0.2, 0.25) is 5.02 Å². The lowest BCUT2D eigenvalue weighted by molar-refractivity contribution is -0.391. The van der Waals surface area contributed by atoms with Crippen molar-refractivity contribution in [3.05, 3.63) is 32.5 Å². The van der Waals surface area contributed by atoms with E-state index in [0.29, 0.717) is 0 Å². The van der Waals surface area contributed by atoms with E-state index >= 15 is 0 Å². The number of nitrogens with zero attached hydrogens (tertiary/aromatic N) is 2. The van der Waals surface area contributed by atoms with Gasteiger partial charge in [-0.25, -0.2) is 8.78 Å². The maximum atomic E-state index is 12.4. The lowest BCUT2D eigenvalue weighted by Crippen LogP contribution is -2.02. The third-order valence-electron chi connectivity index (χ3n) is 1.57. The maximum Gasteiger partial charge on any atom is 0.374 e. The summed E-state index contributed by atoms with van der Waals surface area (Å²) in [4.78, 5) is 12.8. The summed E-state index contributed by atoms with van der Waals surface area (Å²) in [5, 5.41) is 10.1. The number of nitro groups is 1. The Balaban J connectivity index is 3.42. The molecule has 0 aliphatic rings. The van der Waals surface area contributed by atoms with Gasteiger partial charge in [0, 0.05) is 6.07 Å². The second-order valence-corrected chi connectivity index (χ2v) is 3.20. The Labute approximate surface area is 93.0 Å². The van der Waals surface area contributed by atoms with Crippen LogP contribution in [0.15, 0.2) is 6.07 Å². The molecule has 0 radical (unpaired) electrons. The van der Waals surface area contributed by atoms with Crippen LogP contribution in [-0.2, 0) is 5.88 Å². The molecule has 0 unspecified atom stereocenters. The first-order valence-electron chi connectivity index (χ1n) is 3.65. The molecule has 15 heavy (non-hydrogen) atoms. The summed E-state index contributed by atoms with van der Waals surface area (Å²) < 4.78 is 24.8. The van der Waals surface area contributed by atoms with Crippen molar-refractivity contribution in [1.82, 2.24) is 4.98 Å². The quantitative estimate of drug-likeness (QED) is 0.474. The molecule has 0 saturated carbocycles. The van der Waals surface area contributed by atoms with E-state index in [4.69, 9.17) is 23.2 Å². The fourth-order valence-corrected chi connectivity index (χ4v) is 1.40. The van der Waals surface area contributed by atoms with Gasteiger partial charge < -0.3 is 10.1 Å². The van der Waals surface area contributed by atoms with Gasteiger partial charge in [0.1, 0.15) is 5.56 Å². The van der Waals surface area contributed by atoms with Crippen molar-refractivity contribution in [2.24, 2.45) is 0 Å². The maximum absolute atomic E-state index is 12.4. The molecule has 4 nitrogen and oxygen atoms in total. The van der Waals surface area contributed by atoms with Crippen LogP contribution in [0.4, 0.5) is 14.6 Å². The summed E-state index contributed by atoms with van der Waals surface area (Å²) in [6.45, 7) is 0. The van der Waals surface area contributed by atoms with Gasteiger partial charge in [0.15, 0.2) is 5.69 Å². The molecule has 0 bridgehead atoms. The zero-order valence-electron chi connectivity index (χ0n) is 7.08. The molecule has 1 aromatic heterocycles. The van der Waals surface area contributed by atoms with Gasteiger partial charge in [-0.15, -0.1) is 11.6 Å². The highest BCUT2D eigenvalue weighted by Crippen LogP contribution is 2.34. The van der Waals surface area contributed by atoms with Crippen LogP contribution < -0.4 is 0 Å². The third kappa shape index (κ3) is 2.51. The van der Waals surface area contributed by atoms with Crippen LogP contribution in [0, 0.1) is 10.1 Å². The summed E-state index contributed by atoms with van der Waals surface area (Å²) in [7, 11) is 0. The number of aromatic nitrogens is 1. The summed E-state index contributed by atoms with van der Waals surface area (Å²) in [6.07, 6.45) is -3.05. The van der Waals surface area contributed by atoms with Gasteiger partial charge in [-0.1, -0.05) is 11.6 Å². The van der Waals surface area contributed by atoms with E-state index in [-0.39, 0.29) is 11.6 Å². The Bertz CT molecular complexity index is 401. The molecule has 0 fully saturated rings. The van der Waals surface area contributed by atoms with Crippen molar-refractivity contribution in [3.63, 3.8) is 0 Å². The second-order valence-electron chi connectivity index (χ2n) is 2.52. The van der Waals surface area contributed by atoms with Crippen molar-refractivity contribution in [1.29, 1.82) is 0 Å². The topological polar surface area (TPSA) is 56.0 Å². The molecule has 0 amide bonds. The Kier molecular flexibility index (Phi) is 3.76. The zero-order valence-corrected chi connectivity index (χ0v) is 8.60. The minimum atomic E-state index is -3.05. The SMILES string of the molecule is O=[N+]([O-])c1nc(CCl)cc(Cl)c1C(F)F. The minimum Gasteiger partial charge on any atom is -0.358 e. The monoisotopic (exact) mass is 256 g/mol. The normalized spacial score (nSPS) is 10.7. The van der Waals surface area contributed by atoms with Gasteiger partial charge in [0.05, 0.1) is 10.9 Å². The van der Waals surface area contributed by atoms with E-state index in [1.165, 1.54) is 0 Å². The highest BCUT2D eigenvalue weighted by molar-refractivity contribution is 6.31. The number of pyridine rings is 1. The van der Waals surface area contributed by atoms with E-state index in [0.717, 1.165) is 6.07 Å². The first-order chi connectivity index (χ1) is 6.97. The fourth-order valence-electron chi connectivity index (χ4n) is 0.969. The van der Waals surface area contributed by atoms with Gasteiger partial charge in [-0.2, -0.15) is 0 Å². The van der Waals surface area contributed by atoms with Gasteiger partial charge in [0.25, 0.3) is 6.43 Å². The minimum absolute atomic E-state index is 0.0813. The molecule has 0 aliphatic heterocycles. The molecule has 8 heteroatoms. The smallest absolute Gasteiger partial charge is 0.358 e. The lowest BCUT2D eigenvalue weighted by atomic mass is 10.2. The van der Waals surface area contributed by atoms with Gasteiger partial charge >= 0.3 is 5.82 Å². The average Bonchev–Trinajstić information content (AvgIpc) is 2.15. The van der Waals surface area contributed by atoms with Crippen molar-refractivity contribution in [2.45, 2.75) is 12.3 Å². The van der Waals surface area contributed by atoms with Crippen LogP contribution in [0.1, 0.15) is 17.7 Å². The molecule has 0 saturated heterocycles. The Morgan fingerprint density at radius 1 is 1.60 bits per heavy atom. The van der Waals surface area contributed by atoms with E-state index < -0.39 is 27.8 Å². The number of halogens is 4. The first-order valence-corrected chi connectivity index (χ1v) is 4.56. The number of rotatable bonds is 3.